The van der Waals surface area contributed by atoms with E-state index >= 15 is 0 Å². The highest BCUT2D eigenvalue weighted by molar-refractivity contribution is 7.20. The molecular weight excluding hydrogens is 446 g/mol. The number of methoxy groups -OCH3 is 1. The number of fused-ring (bicyclic) bond motifs is 1. The van der Waals surface area contributed by atoms with Gasteiger partial charge in [-0.1, -0.05) is 30.3 Å². The number of thiophene rings is 1. The number of hydrogen-bond donors (Lipinski definition) is 1. The summed E-state index contributed by atoms with van der Waals surface area (Å²) >= 11 is 1.01. The molecule has 176 valence electrons. The number of aryl methyl sites for hydroxylation is 1. The van der Waals surface area contributed by atoms with Crippen LogP contribution in [-0.2, 0) is 26.4 Å². The van der Waals surface area contributed by atoms with E-state index in [4.69, 9.17) is 15.2 Å². The fourth-order valence-corrected chi connectivity index (χ4v) is 4.85. The van der Waals surface area contributed by atoms with Crippen molar-refractivity contribution in [3.8, 4) is 0 Å². The first-order chi connectivity index (χ1) is 15.6. The molecule has 3 aromatic rings. The van der Waals surface area contributed by atoms with Crippen LogP contribution in [0.3, 0.4) is 0 Å². The van der Waals surface area contributed by atoms with Crippen molar-refractivity contribution >= 4 is 33.4 Å². The van der Waals surface area contributed by atoms with Gasteiger partial charge in [-0.15, -0.1) is 11.3 Å². The highest BCUT2D eigenvalue weighted by Crippen LogP contribution is 2.30. The fraction of sp³-hybridized carbons (Fsp3) is 0.391. The molecule has 0 saturated heterocycles. The Labute approximate surface area is 194 Å². The van der Waals surface area contributed by atoms with Crippen LogP contribution in [0.1, 0.15) is 47.7 Å². The lowest BCUT2D eigenvalue weighted by Gasteiger charge is -2.25. The summed E-state index contributed by atoms with van der Waals surface area (Å²) in [7, 11) is 1.52. The minimum atomic E-state index is -1.60. The van der Waals surface area contributed by atoms with Crippen molar-refractivity contribution in [1.82, 2.24) is 9.13 Å². The number of ether oxygens (including phenoxy) is 2. The van der Waals surface area contributed by atoms with Crippen LogP contribution in [0.15, 0.2) is 39.9 Å². The second-order valence-electron chi connectivity index (χ2n) is 8.05. The van der Waals surface area contributed by atoms with Gasteiger partial charge < -0.3 is 15.2 Å². The molecule has 1 aromatic carbocycles. The summed E-state index contributed by atoms with van der Waals surface area (Å²) in [6.45, 7) is 6.33. The molecule has 2 aromatic heterocycles. The number of nitrogens with zero attached hydrogens (tertiary/aromatic N) is 2. The van der Waals surface area contributed by atoms with Gasteiger partial charge in [-0.2, -0.15) is 0 Å². The van der Waals surface area contributed by atoms with E-state index in [0.29, 0.717) is 10.4 Å². The lowest BCUT2D eigenvalue weighted by atomic mass is 10.0. The van der Waals surface area contributed by atoms with E-state index in [1.807, 2.05) is 30.3 Å². The Bertz CT molecular complexity index is 1320. The maximum Gasteiger partial charge on any atom is 0.348 e. The Kier molecular flexibility index (Phi) is 6.89. The average molecular weight is 474 g/mol. The van der Waals surface area contributed by atoms with Gasteiger partial charge in [-0.25, -0.2) is 14.2 Å². The largest absolute Gasteiger partial charge is 0.462 e. The molecule has 33 heavy (non-hydrogen) atoms. The molecule has 0 spiro atoms. The van der Waals surface area contributed by atoms with Gasteiger partial charge in [0.05, 0.1) is 18.5 Å². The molecule has 0 aliphatic rings. The summed E-state index contributed by atoms with van der Waals surface area (Å²) in [5.74, 6) is -1.42. The van der Waals surface area contributed by atoms with Crippen molar-refractivity contribution in [2.75, 3.05) is 13.7 Å². The number of primary amides is 1. The predicted octanol–water partition coefficient (Wildman–Crippen LogP) is 2.32. The van der Waals surface area contributed by atoms with Crippen LogP contribution in [0.5, 0.6) is 0 Å². The first-order valence-electron chi connectivity index (χ1n) is 10.4. The Morgan fingerprint density at radius 3 is 2.36 bits per heavy atom. The number of hydrogen-bond acceptors (Lipinski definition) is 7. The second kappa shape index (κ2) is 9.32. The molecule has 9 nitrogen and oxygen atoms in total. The Morgan fingerprint density at radius 1 is 1.18 bits per heavy atom. The summed E-state index contributed by atoms with van der Waals surface area (Å²) in [5, 5.41) is 0.167. The Balaban J connectivity index is 2.38. The summed E-state index contributed by atoms with van der Waals surface area (Å²) in [4.78, 5) is 52.3. The summed E-state index contributed by atoms with van der Waals surface area (Å²) in [6.07, 6.45) is -0.525. The van der Waals surface area contributed by atoms with Crippen LogP contribution < -0.4 is 17.0 Å². The molecule has 2 N–H and O–H groups in total. The van der Waals surface area contributed by atoms with Gasteiger partial charge in [-0.05, 0) is 38.8 Å². The molecule has 10 heteroatoms. The van der Waals surface area contributed by atoms with Crippen molar-refractivity contribution in [2.45, 2.75) is 45.9 Å². The predicted molar refractivity (Wildman–Crippen MR) is 126 cm³/mol. The minimum Gasteiger partial charge on any atom is -0.462 e. The number of carbonyl (C=O) groups is 2. The summed E-state index contributed by atoms with van der Waals surface area (Å²) in [5.41, 5.74) is 3.75. The minimum absolute atomic E-state index is 0.0488. The standard InChI is InChI=1S/C23H27N3O6S/c1-6-32-20(28)17-13(2)16-18(27)26(23(3,4)21(24)29)22(30)25(19(16)33-17)12-15(31-5)14-10-8-7-9-11-14/h7-11,15H,6,12H2,1-5H3,(H2,24,29)/t15-/m0/s1. The van der Waals surface area contributed by atoms with E-state index < -0.39 is 34.8 Å². The Hall–Kier alpha value is -3.24. The van der Waals surface area contributed by atoms with Gasteiger partial charge in [0, 0.05) is 7.11 Å². The van der Waals surface area contributed by atoms with E-state index in [-0.39, 0.29) is 23.4 Å². The maximum absolute atomic E-state index is 13.6. The quantitative estimate of drug-likeness (QED) is 0.501. The van der Waals surface area contributed by atoms with E-state index in [1.54, 1.807) is 13.8 Å². The second-order valence-corrected chi connectivity index (χ2v) is 9.05. The molecule has 0 saturated carbocycles. The SMILES string of the molecule is CCOC(=O)c1sc2c(c1C)c(=O)n(C(C)(C)C(N)=O)c(=O)n2C[C@H](OC)c1ccccc1. The van der Waals surface area contributed by atoms with Gasteiger partial charge in [0.1, 0.15) is 21.4 Å². The van der Waals surface area contributed by atoms with E-state index in [0.717, 1.165) is 21.5 Å². The zero-order valence-electron chi connectivity index (χ0n) is 19.2. The van der Waals surface area contributed by atoms with E-state index in [9.17, 15) is 19.2 Å². The smallest absolute Gasteiger partial charge is 0.348 e. The van der Waals surface area contributed by atoms with Gasteiger partial charge in [0.25, 0.3) is 5.56 Å². The van der Waals surface area contributed by atoms with Crippen LogP contribution in [0.2, 0.25) is 0 Å². The highest BCUT2D eigenvalue weighted by Gasteiger charge is 2.34. The van der Waals surface area contributed by atoms with Crippen LogP contribution in [0, 0.1) is 6.92 Å². The topological polar surface area (TPSA) is 123 Å². The highest BCUT2D eigenvalue weighted by atomic mass is 32.1. The lowest BCUT2D eigenvalue weighted by molar-refractivity contribution is -0.125. The number of nitrogens with two attached hydrogens (primary N) is 1. The molecule has 0 aliphatic heterocycles. The maximum atomic E-state index is 13.6. The fourth-order valence-electron chi connectivity index (χ4n) is 3.65. The number of esters is 1. The molecule has 0 fully saturated rings. The monoisotopic (exact) mass is 473 g/mol. The molecule has 3 rings (SSSR count). The lowest BCUT2D eigenvalue weighted by Crippen LogP contribution is -2.54. The third kappa shape index (κ3) is 4.23. The van der Waals surface area contributed by atoms with E-state index in [1.165, 1.54) is 25.5 Å². The zero-order valence-corrected chi connectivity index (χ0v) is 20.0. The van der Waals surface area contributed by atoms with Gasteiger partial charge in [-0.3, -0.25) is 14.2 Å². The van der Waals surface area contributed by atoms with Crippen LogP contribution in [-0.4, -0.2) is 34.7 Å². The van der Waals surface area contributed by atoms with Crippen LogP contribution in [0.4, 0.5) is 0 Å². The first kappa shape index (κ1) is 24.4. The number of rotatable bonds is 8. The normalized spacial score (nSPS) is 12.6. The molecule has 1 atom stereocenters. The average Bonchev–Trinajstić information content (AvgIpc) is 3.12. The molecule has 2 heterocycles. The number of aromatic nitrogens is 2. The van der Waals surface area contributed by atoms with E-state index in [2.05, 4.69) is 0 Å². The molecule has 0 aliphatic carbocycles. The molecule has 0 bridgehead atoms. The first-order valence-corrected chi connectivity index (χ1v) is 11.2. The van der Waals surface area contributed by atoms with Crippen molar-refractivity contribution in [2.24, 2.45) is 5.73 Å². The number of benzene rings is 1. The number of amides is 1. The molecule has 0 radical (unpaired) electrons. The Morgan fingerprint density at radius 2 is 1.82 bits per heavy atom. The van der Waals surface area contributed by atoms with Gasteiger partial charge >= 0.3 is 11.7 Å². The van der Waals surface area contributed by atoms with Crippen molar-refractivity contribution in [3.05, 3.63) is 67.2 Å². The van der Waals surface area contributed by atoms with Crippen molar-refractivity contribution in [3.63, 3.8) is 0 Å². The van der Waals surface area contributed by atoms with Gasteiger partial charge in [0.15, 0.2) is 0 Å². The third-order valence-electron chi connectivity index (χ3n) is 5.64. The number of carbonyl (C=O) groups excluding carboxylic acids is 2. The van der Waals surface area contributed by atoms with Crippen molar-refractivity contribution in [1.29, 1.82) is 0 Å². The zero-order chi connectivity index (χ0) is 24.5. The third-order valence-corrected chi connectivity index (χ3v) is 6.93. The molecule has 0 unspecified atom stereocenters. The molecule has 1 amide bonds. The summed E-state index contributed by atoms with van der Waals surface area (Å²) in [6, 6.07) is 9.30. The molecular formula is C23H27N3O6S. The van der Waals surface area contributed by atoms with Crippen LogP contribution >= 0.6 is 11.3 Å². The van der Waals surface area contributed by atoms with Crippen molar-refractivity contribution < 1.29 is 19.1 Å². The van der Waals surface area contributed by atoms with Gasteiger partial charge in [0.2, 0.25) is 5.91 Å². The summed E-state index contributed by atoms with van der Waals surface area (Å²) < 4.78 is 13.0. The van der Waals surface area contributed by atoms with Crippen LogP contribution in [0.25, 0.3) is 10.2 Å².